The Morgan fingerprint density at radius 2 is 2.08 bits per heavy atom. The van der Waals surface area contributed by atoms with Gasteiger partial charge in [-0.15, -0.1) is 0 Å². The maximum absolute atomic E-state index is 12.5. The van der Waals surface area contributed by atoms with Crippen molar-refractivity contribution < 1.29 is 14.3 Å². The third-order valence-corrected chi connectivity index (χ3v) is 4.97. The van der Waals surface area contributed by atoms with Gasteiger partial charge in [0.2, 0.25) is 0 Å². The minimum atomic E-state index is -0.343. The van der Waals surface area contributed by atoms with E-state index in [9.17, 15) is 4.79 Å². The second kappa shape index (κ2) is 7.49. The molecule has 6 heteroatoms. The van der Waals surface area contributed by atoms with Crippen molar-refractivity contribution in [2.24, 2.45) is 0 Å². The number of aryl methyl sites for hydroxylation is 1. The molecule has 3 rings (SSSR count). The molecule has 0 aromatic carbocycles. The maximum Gasteiger partial charge on any atom is 0.253 e. The van der Waals surface area contributed by atoms with E-state index in [1.54, 1.807) is 7.11 Å². The summed E-state index contributed by atoms with van der Waals surface area (Å²) in [5, 5.41) is 0. The molecule has 1 unspecified atom stereocenters. The highest BCUT2D eigenvalue weighted by atomic mass is 16.5. The molecule has 132 valence electrons. The van der Waals surface area contributed by atoms with Crippen LogP contribution < -0.4 is 4.74 Å². The van der Waals surface area contributed by atoms with Crippen LogP contribution in [0, 0.1) is 13.8 Å². The van der Waals surface area contributed by atoms with Gasteiger partial charge in [-0.3, -0.25) is 14.7 Å². The first kappa shape index (κ1) is 17.2. The molecule has 0 aliphatic carbocycles. The first-order chi connectivity index (χ1) is 11.6. The summed E-state index contributed by atoms with van der Waals surface area (Å²) in [6, 6.07) is 0. The Morgan fingerprint density at radius 3 is 2.79 bits per heavy atom. The number of hydrogen-bond acceptors (Lipinski definition) is 5. The van der Waals surface area contributed by atoms with E-state index in [4.69, 9.17) is 9.47 Å². The van der Waals surface area contributed by atoms with Crippen LogP contribution in [0.3, 0.4) is 0 Å². The summed E-state index contributed by atoms with van der Waals surface area (Å²) in [6.07, 6.45) is 3.72. The second-order valence-corrected chi connectivity index (χ2v) is 6.67. The molecule has 0 bridgehead atoms. The average molecular weight is 333 g/mol. The summed E-state index contributed by atoms with van der Waals surface area (Å²) in [6.45, 7) is 8.54. The summed E-state index contributed by atoms with van der Waals surface area (Å²) in [5.41, 5.74) is 3.13. The lowest BCUT2D eigenvalue weighted by Gasteiger charge is -2.34. The van der Waals surface area contributed by atoms with Crippen LogP contribution in [0.1, 0.15) is 29.7 Å². The molecule has 1 atom stereocenters. The first-order valence-electron chi connectivity index (χ1n) is 8.72. The number of methoxy groups -OCH3 is 1. The lowest BCUT2D eigenvalue weighted by molar-refractivity contribution is -0.148. The van der Waals surface area contributed by atoms with Gasteiger partial charge in [-0.2, -0.15) is 0 Å². The molecule has 1 amide bonds. The van der Waals surface area contributed by atoms with E-state index in [0.29, 0.717) is 13.2 Å². The van der Waals surface area contributed by atoms with Crippen LogP contribution in [0.15, 0.2) is 6.20 Å². The maximum atomic E-state index is 12.5. The zero-order valence-corrected chi connectivity index (χ0v) is 14.9. The van der Waals surface area contributed by atoms with Crippen molar-refractivity contribution in [2.75, 3.05) is 39.9 Å². The molecule has 1 aromatic heterocycles. The number of hydrogen-bond donors (Lipinski definition) is 0. The van der Waals surface area contributed by atoms with Crippen LogP contribution in [0.4, 0.5) is 0 Å². The van der Waals surface area contributed by atoms with Crippen molar-refractivity contribution in [2.45, 2.75) is 39.3 Å². The molecule has 24 heavy (non-hydrogen) atoms. The van der Waals surface area contributed by atoms with Gasteiger partial charge in [-0.05, 0) is 26.7 Å². The normalized spacial score (nSPS) is 22.0. The van der Waals surface area contributed by atoms with Crippen LogP contribution in [-0.4, -0.2) is 66.7 Å². The minimum absolute atomic E-state index is 0.142. The van der Waals surface area contributed by atoms with E-state index in [0.717, 1.165) is 61.6 Å². The third kappa shape index (κ3) is 3.54. The second-order valence-electron chi connectivity index (χ2n) is 6.67. The number of nitrogens with zero attached hydrogens (tertiary/aromatic N) is 3. The van der Waals surface area contributed by atoms with E-state index in [1.165, 1.54) is 0 Å². The van der Waals surface area contributed by atoms with Crippen molar-refractivity contribution in [1.29, 1.82) is 0 Å². The molecule has 0 radical (unpaired) electrons. The largest absolute Gasteiger partial charge is 0.496 e. The molecule has 1 aromatic rings. The Balaban J connectivity index is 1.66. The molecule has 2 aliphatic heterocycles. The van der Waals surface area contributed by atoms with Crippen LogP contribution >= 0.6 is 0 Å². The van der Waals surface area contributed by atoms with Crippen LogP contribution in [0.2, 0.25) is 0 Å². The minimum Gasteiger partial charge on any atom is -0.496 e. The number of pyridine rings is 1. The Kier molecular flexibility index (Phi) is 5.36. The van der Waals surface area contributed by atoms with Crippen molar-refractivity contribution in [3.8, 4) is 5.75 Å². The smallest absolute Gasteiger partial charge is 0.253 e. The number of carbonyl (C=O) groups excluding carboxylic acids is 1. The highest BCUT2D eigenvalue weighted by Gasteiger charge is 2.31. The van der Waals surface area contributed by atoms with Crippen LogP contribution in [0.25, 0.3) is 0 Å². The molecular formula is C18H27N3O3. The van der Waals surface area contributed by atoms with Gasteiger partial charge in [0, 0.05) is 50.0 Å². The van der Waals surface area contributed by atoms with E-state index < -0.39 is 0 Å². The number of ether oxygens (including phenoxy) is 2. The fraction of sp³-hybridized carbons (Fsp3) is 0.667. The van der Waals surface area contributed by atoms with E-state index in [2.05, 4.69) is 9.88 Å². The number of carbonyl (C=O) groups is 1. The summed E-state index contributed by atoms with van der Waals surface area (Å²) in [5.74, 6) is 1.04. The van der Waals surface area contributed by atoms with Gasteiger partial charge < -0.3 is 14.4 Å². The predicted molar refractivity (Wildman–Crippen MR) is 91.1 cm³/mol. The number of likely N-dealkylation sites (tertiary alicyclic amines) is 1. The Hall–Kier alpha value is -1.66. The molecule has 2 aliphatic rings. The number of rotatable bonds is 4. The number of aromatic nitrogens is 1. The molecule has 2 saturated heterocycles. The highest BCUT2D eigenvalue weighted by Crippen LogP contribution is 2.25. The summed E-state index contributed by atoms with van der Waals surface area (Å²) in [7, 11) is 1.69. The summed E-state index contributed by atoms with van der Waals surface area (Å²) in [4.78, 5) is 21.3. The lowest BCUT2D eigenvalue weighted by Crippen LogP contribution is -2.50. The number of amides is 1. The zero-order valence-electron chi connectivity index (χ0n) is 14.9. The monoisotopic (exact) mass is 333 g/mol. The average Bonchev–Trinajstić information content (AvgIpc) is 3.12. The Morgan fingerprint density at radius 1 is 1.33 bits per heavy atom. The summed E-state index contributed by atoms with van der Waals surface area (Å²) >= 11 is 0. The van der Waals surface area contributed by atoms with E-state index >= 15 is 0 Å². The Labute approximate surface area is 143 Å². The third-order valence-electron chi connectivity index (χ3n) is 4.97. The van der Waals surface area contributed by atoms with Gasteiger partial charge in [0.15, 0.2) is 0 Å². The quantitative estimate of drug-likeness (QED) is 0.836. The molecule has 6 nitrogen and oxygen atoms in total. The van der Waals surface area contributed by atoms with Crippen LogP contribution in [0.5, 0.6) is 5.75 Å². The standard InChI is InChI=1S/C18H27N3O3/c1-13-10-19-15(14(2)17(13)23-3)11-20-8-9-24-16(12-20)18(22)21-6-4-5-7-21/h10,16H,4-9,11-12H2,1-3H3. The highest BCUT2D eigenvalue weighted by molar-refractivity contribution is 5.81. The van der Waals surface area contributed by atoms with Crippen molar-refractivity contribution >= 4 is 5.91 Å². The Bertz CT molecular complexity index is 599. The molecule has 3 heterocycles. The van der Waals surface area contributed by atoms with Crippen molar-refractivity contribution in [3.63, 3.8) is 0 Å². The van der Waals surface area contributed by atoms with Gasteiger partial charge in [0.1, 0.15) is 11.9 Å². The van der Waals surface area contributed by atoms with Gasteiger partial charge >= 0.3 is 0 Å². The van der Waals surface area contributed by atoms with Gasteiger partial charge in [0.25, 0.3) is 5.91 Å². The molecule has 0 saturated carbocycles. The first-order valence-corrected chi connectivity index (χ1v) is 8.72. The van der Waals surface area contributed by atoms with Crippen molar-refractivity contribution in [3.05, 3.63) is 23.0 Å². The van der Waals surface area contributed by atoms with E-state index in [1.807, 2.05) is 24.9 Å². The summed E-state index contributed by atoms with van der Waals surface area (Å²) < 4.78 is 11.2. The van der Waals surface area contributed by atoms with Crippen LogP contribution in [-0.2, 0) is 16.1 Å². The molecule has 0 spiro atoms. The number of morpholine rings is 1. The van der Waals surface area contributed by atoms with Gasteiger partial charge in [-0.25, -0.2) is 0 Å². The predicted octanol–water partition coefficient (Wildman–Crippen LogP) is 1.53. The SMILES string of the molecule is COc1c(C)cnc(CN2CCOC(C(=O)N3CCCC3)C2)c1C. The zero-order chi connectivity index (χ0) is 17.1. The van der Waals surface area contributed by atoms with E-state index in [-0.39, 0.29) is 12.0 Å². The van der Waals surface area contributed by atoms with Gasteiger partial charge in [0.05, 0.1) is 19.4 Å². The fourth-order valence-electron chi connectivity index (χ4n) is 3.58. The van der Waals surface area contributed by atoms with Gasteiger partial charge in [-0.1, -0.05) is 0 Å². The lowest BCUT2D eigenvalue weighted by atomic mass is 10.1. The fourth-order valence-corrected chi connectivity index (χ4v) is 3.58. The van der Waals surface area contributed by atoms with Crippen molar-refractivity contribution in [1.82, 2.24) is 14.8 Å². The molecular weight excluding hydrogens is 306 g/mol. The molecule has 2 fully saturated rings. The molecule has 0 N–H and O–H groups in total. The topological polar surface area (TPSA) is 54.9 Å².